The molecule has 8 rings (SSSR count). The van der Waals surface area contributed by atoms with Gasteiger partial charge in [0.1, 0.15) is 17.4 Å². The average Bonchev–Trinajstić information content (AvgIpc) is 3.64. The Kier molecular flexibility index (Phi) is 3.47. The summed E-state index contributed by atoms with van der Waals surface area (Å²) >= 11 is 0. The molecule has 4 aromatic carbocycles. The van der Waals surface area contributed by atoms with Gasteiger partial charge in [-0.1, -0.05) is 59.6 Å². The molecule has 1 aliphatic rings. The van der Waals surface area contributed by atoms with Crippen LogP contribution in [0.25, 0.3) is 49.3 Å². The van der Waals surface area contributed by atoms with Crippen molar-refractivity contribution < 1.29 is 0 Å². The van der Waals surface area contributed by atoms with Crippen molar-refractivity contribution >= 4 is 49.6 Å². The number of aryl methyl sites for hydroxylation is 1. The predicted octanol–water partition coefficient (Wildman–Crippen LogP) is 3.85. The summed E-state index contributed by atoms with van der Waals surface area (Å²) in [4.78, 5) is 9.20. The van der Waals surface area contributed by atoms with Crippen LogP contribution in [0.15, 0.2) is 102 Å². The van der Waals surface area contributed by atoms with Gasteiger partial charge < -0.3 is 4.57 Å². The van der Waals surface area contributed by atoms with Gasteiger partial charge in [0.25, 0.3) is 5.49 Å². The number of imidazole rings is 1. The van der Waals surface area contributed by atoms with Crippen molar-refractivity contribution in [3.8, 4) is 5.69 Å². The third-order valence-corrected chi connectivity index (χ3v) is 6.99. The number of hydrogen-bond donors (Lipinski definition) is 0. The van der Waals surface area contributed by atoms with Gasteiger partial charge in [-0.15, -0.1) is 0 Å². The van der Waals surface area contributed by atoms with Gasteiger partial charge in [0.2, 0.25) is 0 Å². The summed E-state index contributed by atoms with van der Waals surface area (Å²) in [6.45, 7) is 0. The molecule has 0 radical (unpaired) electrons. The fraction of sp³-hybridized carbons (Fsp3) is 0.0345. The Morgan fingerprint density at radius 1 is 0.629 bits per heavy atom. The second-order valence-corrected chi connectivity index (χ2v) is 8.92. The number of benzene rings is 4. The molecule has 0 saturated carbocycles. The SMILES string of the molecule is Cn1cnc2c1=[N+]=C(n1c3ccccc3c3c4c5ccccc5n(-c5ccccc5)c4ccc31)N=2. The van der Waals surface area contributed by atoms with Crippen LogP contribution < -0.4 is 15.6 Å². The summed E-state index contributed by atoms with van der Waals surface area (Å²) in [6.07, 6.45) is 1.75. The number of nitrogens with zero attached hydrogens (tertiary/aromatic N) is 6. The van der Waals surface area contributed by atoms with E-state index >= 15 is 0 Å². The molecule has 0 amide bonds. The molecule has 164 valence electrons. The molecule has 4 heterocycles. The highest BCUT2D eigenvalue weighted by molar-refractivity contribution is 6.30. The van der Waals surface area contributed by atoms with Gasteiger partial charge >= 0.3 is 11.4 Å². The second kappa shape index (κ2) is 6.56. The summed E-state index contributed by atoms with van der Waals surface area (Å²) in [7, 11) is 1.95. The number of para-hydroxylation sites is 3. The van der Waals surface area contributed by atoms with Crippen molar-refractivity contribution in [1.29, 1.82) is 0 Å². The molecular weight excluding hydrogens is 432 g/mol. The first-order valence-corrected chi connectivity index (χ1v) is 11.6. The molecule has 7 aromatic rings. The highest BCUT2D eigenvalue weighted by atomic mass is 15.2. The molecule has 1 aliphatic heterocycles. The predicted molar refractivity (Wildman–Crippen MR) is 139 cm³/mol. The van der Waals surface area contributed by atoms with Crippen molar-refractivity contribution in [3.63, 3.8) is 0 Å². The monoisotopic (exact) mass is 451 g/mol. The quantitative estimate of drug-likeness (QED) is 0.350. The topological polar surface area (TPSA) is 54.1 Å². The Bertz CT molecular complexity index is 2150. The Labute approximate surface area is 199 Å². The molecule has 0 N–H and O–H groups in total. The van der Waals surface area contributed by atoms with E-state index in [-0.39, 0.29) is 0 Å². The van der Waals surface area contributed by atoms with Crippen LogP contribution in [-0.4, -0.2) is 24.6 Å². The standard InChI is InChI=1S/C29H19N6/c1-33-17-30-27-28(33)32-29(31-27)35-22-14-8-6-12-20(22)26-24(35)16-15-23-25(26)19-11-5-7-13-21(19)34(23)18-9-3-2-4-10-18/h2-17H,1H3/q+1. The summed E-state index contributed by atoms with van der Waals surface area (Å²) in [6, 6.07) is 32.1. The second-order valence-electron chi connectivity index (χ2n) is 8.92. The lowest BCUT2D eigenvalue weighted by molar-refractivity contribution is 0.849. The van der Waals surface area contributed by atoms with E-state index in [1.807, 2.05) is 11.6 Å². The molecule has 0 atom stereocenters. The summed E-state index contributed by atoms with van der Waals surface area (Å²) in [5.74, 6) is 0.649. The van der Waals surface area contributed by atoms with Gasteiger partial charge in [-0.25, -0.2) is 9.24 Å². The van der Waals surface area contributed by atoms with Gasteiger partial charge in [0.15, 0.2) is 0 Å². The van der Waals surface area contributed by atoms with Crippen molar-refractivity contribution in [2.24, 2.45) is 12.0 Å². The van der Waals surface area contributed by atoms with E-state index in [2.05, 4.69) is 105 Å². The van der Waals surface area contributed by atoms with Crippen LogP contribution >= 0.6 is 0 Å². The Balaban J connectivity index is 1.60. The molecule has 0 bridgehead atoms. The fourth-order valence-electron chi connectivity index (χ4n) is 5.52. The number of aromatic nitrogens is 4. The van der Waals surface area contributed by atoms with E-state index in [0.29, 0.717) is 11.4 Å². The van der Waals surface area contributed by atoms with Crippen LogP contribution in [0, 0.1) is 0 Å². The van der Waals surface area contributed by atoms with E-state index in [0.717, 1.165) is 22.2 Å². The van der Waals surface area contributed by atoms with Crippen LogP contribution in [-0.2, 0) is 7.05 Å². The largest absolute Gasteiger partial charge is 0.447 e. The van der Waals surface area contributed by atoms with Crippen molar-refractivity contribution in [2.75, 3.05) is 0 Å². The maximum absolute atomic E-state index is 4.86. The molecule has 0 fully saturated rings. The number of fused-ring (bicyclic) bond motifs is 8. The smallest absolute Gasteiger partial charge is 0.309 e. The van der Waals surface area contributed by atoms with Crippen LogP contribution in [0.3, 0.4) is 0 Å². The lowest BCUT2D eigenvalue weighted by Crippen LogP contribution is -2.28. The van der Waals surface area contributed by atoms with Crippen LogP contribution in [0.1, 0.15) is 0 Å². The summed E-state index contributed by atoms with van der Waals surface area (Å²) in [5.41, 5.74) is 7.15. The normalized spacial score (nSPS) is 12.9. The minimum Gasteiger partial charge on any atom is -0.309 e. The Morgan fingerprint density at radius 2 is 1.23 bits per heavy atom. The zero-order chi connectivity index (χ0) is 23.1. The molecule has 35 heavy (non-hydrogen) atoms. The third-order valence-electron chi connectivity index (χ3n) is 6.99. The molecule has 3 aromatic heterocycles. The minimum absolute atomic E-state index is 0.649. The van der Waals surface area contributed by atoms with Crippen LogP contribution in [0.5, 0.6) is 0 Å². The molecule has 0 unspecified atom stereocenters. The zero-order valence-electron chi connectivity index (χ0n) is 18.9. The lowest BCUT2D eigenvalue weighted by Gasteiger charge is -2.07. The van der Waals surface area contributed by atoms with Crippen molar-refractivity contribution in [2.45, 2.75) is 0 Å². The van der Waals surface area contributed by atoms with E-state index in [1.54, 1.807) is 6.33 Å². The minimum atomic E-state index is 0.649. The fourth-order valence-corrected chi connectivity index (χ4v) is 5.52. The first-order valence-electron chi connectivity index (χ1n) is 11.6. The van der Waals surface area contributed by atoms with Crippen LogP contribution in [0.4, 0.5) is 0 Å². The van der Waals surface area contributed by atoms with Crippen LogP contribution in [0.2, 0.25) is 0 Å². The van der Waals surface area contributed by atoms with Gasteiger partial charge in [0.05, 0.1) is 11.0 Å². The maximum Gasteiger partial charge on any atom is 0.447 e. The first-order chi connectivity index (χ1) is 17.3. The number of rotatable bonds is 1. The van der Waals surface area contributed by atoms with E-state index < -0.39 is 0 Å². The average molecular weight is 452 g/mol. The first kappa shape index (κ1) is 18.5. The van der Waals surface area contributed by atoms with E-state index in [9.17, 15) is 0 Å². The Morgan fingerprint density at radius 3 is 1.91 bits per heavy atom. The molecule has 0 spiro atoms. The Hall–Kier alpha value is -4.93. The van der Waals surface area contributed by atoms with Crippen molar-refractivity contribution in [3.05, 3.63) is 108 Å². The van der Waals surface area contributed by atoms with Gasteiger partial charge in [-0.05, 0) is 36.4 Å². The molecule has 6 heteroatoms. The third kappa shape index (κ3) is 2.36. The maximum atomic E-state index is 4.86. The molecular formula is C29H19N6+. The van der Waals surface area contributed by atoms with Gasteiger partial charge in [0, 0.05) is 34.3 Å². The van der Waals surface area contributed by atoms with Gasteiger partial charge in [-0.3, -0.25) is 4.57 Å². The van der Waals surface area contributed by atoms with E-state index in [1.165, 1.54) is 32.6 Å². The molecule has 6 nitrogen and oxygen atoms in total. The highest BCUT2D eigenvalue weighted by Crippen LogP contribution is 2.41. The van der Waals surface area contributed by atoms with E-state index in [4.69, 9.17) is 9.66 Å². The summed E-state index contributed by atoms with van der Waals surface area (Å²) in [5, 5.41) is 4.87. The molecule has 0 saturated heterocycles. The zero-order valence-corrected chi connectivity index (χ0v) is 18.9. The summed E-state index contributed by atoms with van der Waals surface area (Å²) < 4.78 is 11.3. The van der Waals surface area contributed by atoms with Gasteiger partial charge in [-0.2, -0.15) is 4.98 Å². The lowest BCUT2D eigenvalue weighted by atomic mass is 10.1. The molecule has 0 aliphatic carbocycles. The highest BCUT2D eigenvalue weighted by Gasteiger charge is 2.27. The number of hydrogen-bond acceptors (Lipinski definition) is 2. The van der Waals surface area contributed by atoms with Crippen molar-refractivity contribution in [1.82, 2.24) is 23.4 Å².